The second-order valence-electron chi connectivity index (χ2n) is 4.82. The third kappa shape index (κ3) is 1.85. The van der Waals surface area contributed by atoms with Crippen LogP contribution in [0.4, 0.5) is 0 Å². The molecule has 3 heterocycles. The van der Waals surface area contributed by atoms with Crippen LogP contribution in [0.15, 0.2) is 4.42 Å². The van der Waals surface area contributed by atoms with Crippen molar-refractivity contribution in [3.8, 4) is 0 Å². The number of fused-ring (bicyclic) bond motifs is 1. The molecule has 5 nitrogen and oxygen atoms in total. The first-order valence-electron chi connectivity index (χ1n) is 6.09. The van der Waals surface area contributed by atoms with E-state index in [2.05, 4.69) is 20.4 Å². The van der Waals surface area contributed by atoms with Crippen molar-refractivity contribution in [1.29, 1.82) is 0 Å². The minimum absolute atomic E-state index is 0.746. The van der Waals surface area contributed by atoms with Crippen LogP contribution in [0.3, 0.4) is 0 Å². The molecule has 0 amide bonds. The van der Waals surface area contributed by atoms with E-state index in [-0.39, 0.29) is 0 Å². The zero-order valence-electron chi connectivity index (χ0n) is 9.65. The fourth-order valence-corrected chi connectivity index (χ4v) is 2.77. The van der Waals surface area contributed by atoms with Gasteiger partial charge in [-0.15, -0.1) is 10.2 Å². The molecule has 1 aromatic rings. The molecule has 1 aromatic heterocycles. The number of aromatic nitrogens is 2. The largest absolute Gasteiger partial charge is 0.424 e. The Morgan fingerprint density at radius 1 is 1.25 bits per heavy atom. The summed E-state index contributed by atoms with van der Waals surface area (Å²) in [5, 5.41) is 11.5. The predicted molar refractivity (Wildman–Crippen MR) is 58.8 cm³/mol. The van der Waals surface area contributed by atoms with Gasteiger partial charge in [0.1, 0.15) is 0 Å². The van der Waals surface area contributed by atoms with Crippen molar-refractivity contribution < 1.29 is 4.42 Å². The monoisotopic (exact) mass is 222 g/mol. The van der Waals surface area contributed by atoms with E-state index in [4.69, 9.17) is 4.42 Å². The van der Waals surface area contributed by atoms with Crippen LogP contribution >= 0.6 is 0 Å². The number of nitrogens with zero attached hydrogens (tertiary/aromatic N) is 3. The lowest BCUT2D eigenvalue weighted by molar-refractivity contribution is 0.268. The predicted octanol–water partition coefficient (Wildman–Crippen LogP) is 0.283. The fraction of sp³-hybridized carbons (Fsp3) is 0.818. The number of likely N-dealkylation sites (tertiary alicyclic amines) is 1. The molecule has 2 fully saturated rings. The van der Waals surface area contributed by atoms with Gasteiger partial charge in [0.25, 0.3) is 0 Å². The highest BCUT2D eigenvalue weighted by molar-refractivity contribution is 4.92. The molecule has 5 heteroatoms. The van der Waals surface area contributed by atoms with Gasteiger partial charge in [-0.25, -0.2) is 0 Å². The van der Waals surface area contributed by atoms with Crippen LogP contribution in [-0.4, -0.2) is 41.3 Å². The molecule has 1 N–H and O–H groups in total. The molecule has 2 atom stereocenters. The Morgan fingerprint density at radius 3 is 2.56 bits per heavy atom. The highest BCUT2D eigenvalue weighted by Crippen LogP contribution is 2.27. The van der Waals surface area contributed by atoms with Gasteiger partial charge in [-0.2, -0.15) is 0 Å². The third-order valence-electron chi connectivity index (χ3n) is 3.64. The molecule has 2 saturated heterocycles. The number of hydrogen-bond acceptors (Lipinski definition) is 5. The van der Waals surface area contributed by atoms with E-state index in [0.29, 0.717) is 0 Å². The summed E-state index contributed by atoms with van der Waals surface area (Å²) in [5.41, 5.74) is 0. The minimum Gasteiger partial charge on any atom is -0.424 e. The summed E-state index contributed by atoms with van der Waals surface area (Å²) in [5.74, 6) is 3.17. The maximum atomic E-state index is 5.54. The van der Waals surface area contributed by atoms with Crippen molar-refractivity contribution in [2.45, 2.75) is 19.9 Å². The van der Waals surface area contributed by atoms with Gasteiger partial charge in [0.2, 0.25) is 11.8 Å². The molecule has 3 rings (SSSR count). The maximum absolute atomic E-state index is 5.54. The lowest BCUT2D eigenvalue weighted by Crippen LogP contribution is -2.25. The maximum Gasteiger partial charge on any atom is 0.230 e. The van der Waals surface area contributed by atoms with Crippen LogP contribution in [0, 0.1) is 11.8 Å². The Morgan fingerprint density at radius 2 is 1.94 bits per heavy atom. The van der Waals surface area contributed by atoms with Crippen LogP contribution in [0.2, 0.25) is 0 Å². The van der Waals surface area contributed by atoms with Gasteiger partial charge >= 0.3 is 0 Å². The van der Waals surface area contributed by atoms with Gasteiger partial charge in [0, 0.05) is 19.5 Å². The van der Waals surface area contributed by atoms with Crippen molar-refractivity contribution in [3.05, 3.63) is 11.8 Å². The average molecular weight is 222 g/mol. The van der Waals surface area contributed by atoms with Gasteiger partial charge in [-0.1, -0.05) is 6.92 Å². The summed E-state index contributed by atoms with van der Waals surface area (Å²) in [6.07, 6.45) is 0.822. The Bertz CT molecular complexity index is 353. The number of rotatable bonds is 3. The van der Waals surface area contributed by atoms with Crippen LogP contribution in [0.1, 0.15) is 18.7 Å². The summed E-state index contributed by atoms with van der Waals surface area (Å²) < 4.78 is 5.54. The molecule has 0 bridgehead atoms. The molecule has 0 saturated carbocycles. The first-order valence-corrected chi connectivity index (χ1v) is 6.09. The molecule has 0 radical (unpaired) electrons. The molecule has 0 unspecified atom stereocenters. The number of aryl methyl sites for hydroxylation is 1. The minimum atomic E-state index is 0.746. The summed E-state index contributed by atoms with van der Waals surface area (Å²) in [6, 6.07) is 0. The second-order valence-corrected chi connectivity index (χ2v) is 4.82. The van der Waals surface area contributed by atoms with Crippen LogP contribution in [0.5, 0.6) is 0 Å². The molecule has 0 spiro atoms. The zero-order valence-corrected chi connectivity index (χ0v) is 9.65. The summed E-state index contributed by atoms with van der Waals surface area (Å²) in [6.45, 7) is 7.53. The van der Waals surface area contributed by atoms with Gasteiger partial charge in [-0.3, -0.25) is 4.90 Å². The highest BCUT2D eigenvalue weighted by Gasteiger charge is 2.36. The lowest BCUT2D eigenvalue weighted by Gasteiger charge is -2.13. The van der Waals surface area contributed by atoms with E-state index in [1.807, 2.05) is 6.92 Å². The Kier molecular flexibility index (Phi) is 2.65. The zero-order chi connectivity index (χ0) is 11.0. The average Bonchev–Trinajstić information content (AvgIpc) is 2.92. The van der Waals surface area contributed by atoms with Gasteiger partial charge in [0.05, 0.1) is 6.54 Å². The Labute approximate surface area is 95.2 Å². The molecule has 2 aliphatic rings. The topological polar surface area (TPSA) is 54.2 Å². The van der Waals surface area contributed by atoms with Crippen molar-refractivity contribution >= 4 is 0 Å². The van der Waals surface area contributed by atoms with E-state index in [9.17, 15) is 0 Å². The summed E-state index contributed by atoms with van der Waals surface area (Å²) >= 11 is 0. The van der Waals surface area contributed by atoms with Crippen molar-refractivity contribution in [3.63, 3.8) is 0 Å². The molecule has 88 valence electrons. The third-order valence-corrected chi connectivity index (χ3v) is 3.64. The van der Waals surface area contributed by atoms with E-state index in [1.54, 1.807) is 0 Å². The van der Waals surface area contributed by atoms with Gasteiger partial charge in [0.15, 0.2) is 0 Å². The van der Waals surface area contributed by atoms with Crippen LogP contribution < -0.4 is 5.32 Å². The molecule has 0 aromatic carbocycles. The van der Waals surface area contributed by atoms with Crippen LogP contribution in [0.25, 0.3) is 0 Å². The van der Waals surface area contributed by atoms with Gasteiger partial charge in [-0.05, 0) is 24.9 Å². The summed E-state index contributed by atoms with van der Waals surface area (Å²) in [7, 11) is 0. The number of nitrogens with one attached hydrogen (secondary N) is 1. The summed E-state index contributed by atoms with van der Waals surface area (Å²) in [4.78, 5) is 2.43. The van der Waals surface area contributed by atoms with Crippen molar-refractivity contribution in [1.82, 2.24) is 20.4 Å². The smallest absolute Gasteiger partial charge is 0.230 e. The van der Waals surface area contributed by atoms with E-state index in [1.165, 1.54) is 26.2 Å². The molecule has 2 aliphatic heterocycles. The number of hydrogen-bond donors (Lipinski definition) is 1. The second kappa shape index (κ2) is 4.14. The Balaban J connectivity index is 1.59. The highest BCUT2D eigenvalue weighted by atomic mass is 16.4. The van der Waals surface area contributed by atoms with Crippen molar-refractivity contribution in [2.24, 2.45) is 11.8 Å². The first kappa shape index (κ1) is 10.2. The SMILES string of the molecule is CCc1nnc(CN2C[C@H]3CNC[C@H]3C2)o1. The standard InChI is InChI=1S/C11H18N4O/c1-2-10-13-14-11(16-10)7-15-5-8-3-12-4-9(8)6-15/h8-9,12H,2-7H2,1H3/t8-,9+. The van der Waals surface area contributed by atoms with E-state index >= 15 is 0 Å². The lowest BCUT2D eigenvalue weighted by atomic mass is 10.0. The quantitative estimate of drug-likeness (QED) is 0.796. The Hall–Kier alpha value is -0.940. The van der Waals surface area contributed by atoms with Crippen LogP contribution in [-0.2, 0) is 13.0 Å². The molecule has 16 heavy (non-hydrogen) atoms. The normalized spacial score (nSPS) is 29.8. The van der Waals surface area contributed by atoms with Crippen molar-refractivity contribution in [2.75, 3.05) is 26.2 Å². The van der Waals surface area contributed by atoms with E-state index < -0.39 is 0 Å². The molecular weight excluding hydrogens is 204 g/mol. The molecule has 0 aliphatic carbocycles. The fourth-order valence-electron chi connectivity index (χ4n) is 2.77. The van der Waals surface area contributed by atoms with E-state index in [0.717, 1.165) is 36.6 Å². The first-order chi connectivity index (χ1) is 7.85. The van der Waals surface area contributed by atoms with Gasteiger partial charge < -0.3 is 9.73 Å². The molecular formula is C11H18N4O.